The highest BCUT2D eigenvalue weighted by Gasteiger charge is 2.41. The van der Waals surface area contributed by atoms with Crippen molar-refractivity contribution in [2.45, 2.75) is 50.7 Å². The minimum atomic E-state index is -0.517. The zero-order chi connectivity index (χ0) is 18.1. The van der Waals surface area contributed by atoms with Gasteiger partial charge in [-0.3, -0.25) is 4.79 Å². The van der Waals surface area contributed by atoms with Gasteiger partial charge in [-0.1, -0.05) is 12.1 Å². The average molecular weight is 358 g/mol. The van der Waals surface area contributed by atoms with E-state index in [9.17, 15) is 9.18 Å². The number of nitrogens with one attached hydrogen (secondary N) is 1. The van der Waals surface area contributed by atoms with Crippen LogP contribution in [0, 0.1) is 12.7 Å². The Morgan fingerprint density at radius 3 is 2.77 bits per heavy atom. The molecule has 26 heavy (non-hydrogen) atoms. The van der Waals surface area contributed by atoms with E-state index in [2.05, 4.69) is 25.7 Å². The first kappa shape index (κ1) is 17.1. The first-order valence-electron chi connectivity index (χ1n) is 9.15. The first-order valence-corrected chi connectivity index (χ1v) is 9.15. The van der Waals surface area contributed by atoms with Gasteiger partial charge in [0.25, 0.3) is 0 Å². The van der Waals surface area contributed by atoms with Crippen LogP contribution >= 0.6 is 0 Å². The third kappa shape index (κ3) is 3.21. The number of hydrogen-bond donors (Lipinski definition) is 1. The predicted molar refractivity (Wildman–Crippen MR) is 92.8 cm³/mol. The number of rotatable bonds is 4. The number of carbonyl (C=O) groups is 1. The van der Waals surface area contributed by atoms with Gasteiger partial charge >= 0.3 is 0 Å². The molecule has 8 heteroatoms. The Labute approximate surface area is 151 Å². The molecule has 2 fully saturated rings. The minimum Gasteiger partial charge on any atom is -0.334 e. The Balaban J connectivity index is 1.65. The summed E-state index contributed by atoms with van der Waals surface area (Å²) in [5, 5.41) is 15.1. The maximum absolute atomic E-state index is 13.5. The molecule has 0 saturated carbocycles. The van der Waals surface area contributed by atoms with Crippen LogP contribution in [-0.4, -0.2) is 56.2 Å². The molecule has 0 spiro atoms. The van der Waals surface area contributed by atoms with Gasteiger partial charge in [0.05, 0.1) is 0 Å². The summed E-state index contributed by atoms with van der Waals surface area (Å²) in [5.41, 5.74) is 0.889. The lowest BCUT2D eigenvalue weighted by molar-refractivity contribution is -0.137. The molecule has 3 atom stereocenters. The van der Waals surface area contributed by atoms with Crippen molar-refractivity contribution < 1.29 is 9.18 Å². The number of nitrogens with zero attached hydrogens (tertiary/aromatic N) is 5. The van der Waals surface area contributed by atoms with Crippen LogP contribution in [0.4, 0.5) is 4.39 Å². The van der Waals surface area contributed by atoms with E-state index >= 15 is 0 Å². The third-order valence-electron chi connectivity index (χ3n) is 5.49. The number of halogens is 1. The fourth-order valence-electron chi connectivity index (χ4n) is 4.16. The maximum atomic E-state index is 13.5. The zero-order valence-corrected chi connectivity index (χ0v) is 14.8. The summed E-state index contributed by atoms with van der Waals surface area (Å²) in [5.74, 6) is 0.374. The molecule has 2 aliphatic rings. The highest BCUT2D eigenvalue weighted by molar-refractivity contribution is 5.81. The molecular weight excluding hydrogens is 335 g/mol. The maximum Gasteiger partial charge on any atom is 0.248 e. The molecule has 4 rings (SSSR count). The van der Waals surface area contributed by atoms with Gasteiger partial charge < -0.3 is 10.2 Å². The van der Waals surface area contributed by atoms with Crippen molar-refractivity contribution in [3.63, 3.8) is 0 Å². The van der Waals surface area contributed by atoms with Crippen molar-refractivity contribution in [1.82, 2.24) is 30.4 Å². The highest BCUT2D eigenvalue weighted by atomic mass is 19.1. The van der Waals surface area contributed by atoms with E-state index in [1.807, 2.05) is 0 Å². The third-order valence-corrected chi connectivity index (χ3v) is 5.49. The summed E-state index contributed by atoms with van der Waals surface area (Å²) in [6.07, 6.45) is 3.49. The second-order valence-electron chi connectivity index (χ2n) is 7.14. The van der Waals surface area contributed by atoms with Crippen molar-refractivity contribution in [2.24, 2.45) is 0 Å². The summed E-state index contributed by atoms with van der Waals surface area (Å²) in [6, 6.07) is 6.25. The predicted octanol–water partition coefficient (Wildman–Crippen LogP) is 1.26. The number of carbonyl (C=O) groups excluding carboxylic acids is 1. The number of aryl methyl sites for hydroxylation is 1. The molecule has 2 bridgehead atoms. The lowest BCUT2D eigenvalue weighted by Gasteiger charge is -2.31. The molecule has 7 nitrogen and oxygen atoms in total. The minimum absolute atomic E-state index is 0.0564. The number of amides is 1. The number of benzene rings is 1. The fourth-order valence-corrected chi connectivity index (χ4v) is 4.16. The molecule has 1 aromatic carbocycles. The Bertz CT molecular complexity index is 762. The number of hydrogen-bond acceptors (Lipinski definition) is 5. The van der Waals surface area contributed by atoms with Gasteiger partial charge in [0.1, 0.15) is 17.7 Å². The Morgan fingerprint density at radius 1 is 1.27 bits per heavy atom. The standard InChI is InChI=1S/C18H23FN6O/c1-12-21-22-23-25(12)17(10-13-2-4-14(19)5-3-13)18(26)24-15-6-7-16(24)11-20-9-8-15/h2-5,15-17,20H,6-11H2,1H3. The van der Waals surface area contributed by atoms with Crippen LogP contribution in [-0.2, 0) is 11.2 Å². The van der Waals surface area contributed by atoms with Crippen LogP contribution < -0.4 is 5.32 Å². The van der Waals surface area contributed by atoms with E-state index in [0.717, 1.165) is 37.9 Å². The van der Waals surface area contributed by atoms with E-state index in [-0.39, 0.29) is 23.8 Å². The van der Waals surface area contributed by atoms with Crippen molar-refractivity contribution >= 4 is 5.91 Å². The lowest BCUT2D eigenvalue weighted by atomic mass is 10.0. The molecule has 2 aromatic rings. The average Bonchev–Trinajstić information content (AvgIpc) is 3.15. The molecule has 3 unspecified atom stereocenters. The monoisotopic (exact) mass is 358 g/mol. The van der Waals surface area contributed by atoms with Gasteiger partial charge in [0.2, 0.25) is 5.91 Å². The van der Waals surface area contributed by atoms with Crippen LogP contribution in [0.15, 0.2) is 24.3 Å². The van der Waals surface area contributed by atoms with Crippen LogP contribution in [0.1, 0.15) is 36.7 Å². The van der Waals surface area contributed by atoms with Crippen LogP contribution in [0.25, 0.3) is 0 Å². The molecule has 1 amide bonds. The highest BCUT2D eigenvalue weighted by Crippen LogP contribution is 2.31. The van der Waals surface area contributed by atoms with Gasteiger partial charge in [0.15, 0.2) is 0 Å². The lowest BCUT2D eigenvalue weighted by Crippen LogP contribution is -2.46. The molecule has 2 aliphatic heterocycles. The fraction of sp³-hybridized carbons (Fsp3) is 0.556. The van der Waals surface area contributed by atoms with Gasteiger partial charge in [-0.15, -0.1) is 5.10 Å². The number of tetrazole rings is 1. The van der Waals surface area contributed by atoms with Gasteiger partial charge in [0, 0.05) is 25.0 Å². The van der Waals surface area contributed by atoms with Gasteiger partial charge in [-0.2, -0.15) is 0 Å². The van der Waals surface area contributed by atoms with Crippen LogP contribution in [0.2, 0.25) is 0 Å². The Morgan fingerprint density at radius 2 is 2.04 bits per heavy atom. The van der Waals surface area contributed by atoms with E-state index in [4.69, 9.17) is 0 Å². The smallest absolute Gasteiger partial charge is 0.248 e. The topological polar surface area (TPSA) is 75.9 Å². The molecule has 3 heterocycles. The second kappa shape index (κ2) is 7.11. The van der Waals surface area contributed by atoms with Crippen LogP contribution in [0.5, 0.6) is 0 Å². The van der Waals surface area contributed by atoms with E-state index in [1.54, 1.807) is 23.7 Å². The number of fused-ring (bicyclic) bond motifs is 2. The van der Waals surface area contributed by atoms with Crippen molar-refractivity contribution in [3.05, 3.63) is 41.5 Å². The second-order valence-corrected chi connectivity index (χ2v) is 7.14. The van der Waals surface area contributed by atoms with Crippen molar-refractivity contribution in [1.29, 1.82) is 0 Å². The largest absolute Gasteiger partial charge is 0.334 e. The molecule has 0 aliphatic carbocycles. The summed E-state index contributed by atoms with van der Waals surface area (Å²) in [4.78, 5) is 15.6. The molecule has 138 valence electrons. The van der Waals surface area contributed by atoms with Gasteiger partial charge in [-0.05, 0) is 60.9 Å². The Hall–Kier alpha value is -2.35. The molecular formula is C18H23FN6O. The molecule has 1 aromatic heterocycles. The first-order chi connectivity index (χ1) is 12.6. The summed E-state index contributed by atoms with van der Waals surface area (Å²) in [6.45, 7) is 3.57. The Kier molecular flexibility index (Phi) is 4.67. The van der Waals surface area contributed by atoms with Crippen LogP contribution in [0.3, 0.4) is 0 Å². The summed E-state index contributed by atoms with van der Waals surface area (Å²) < 4.78 is 14.8. The van der Waals surface area contributed by atoms with E-state index in [0.29, 0.717) is 12.2 Å². The molecule has 0 radical (unpaired) electrons. The zero-order valence-electron chi connectivity index (χ0n) is 14.8. The molecule has 2 saturated heterocycles. The van der Waals surface area contributed by atoms with Crippen molar-refractivity contribution in [2.75, 3.05) is 13.1 Å². The summed E-state index contributed by atoms with van der Waals surface area (Å²) in [7, 11) is 0. The normalized spacial score (nSPS) is 23.7. The van der Waals surface area contributed by atoms with E-state index < -0.39 is 6.04 Å². The van der Waals surface area contributed by atoms with Crippen molar-refractivity contribution in [3.8, 4) is 0 Å². The van der Waals surface area contributed by atoms with E-state index in [1.165, 1.54) is 12.1 Å². The number of aromatic nitrogens is 4. The van der Waals surface area contributed by atoms with Gasteiger partial charge in [-0.25, -0.2) is 9.07 Å². The quantitative estimate of drug-likeness (QED) is 0.890. The molecule has 1 N–H and O–H groups in total. The summed E-state index contributed by atoms with van der Waals surface area (Å²) >= 11 is 0. The SMILES string of the molecule is Cc1nnnn1C(Cc1ccc(F)cc1)C(=O)N1C2CCNCC1CC2.